The Labute approximate surface area is 130 Å². The molecule has 3 heteroatoms. The average molecular weight is 291 g/mol. The summed E-state index contributed by atoms with van der Waals surface area (Å²) in [6.45, 7) is 1.17. The number of rotatable bonds is 13. The Morgan fingerprint density at radius 2 is 1.52 bits per heavy atom. The molecule has 3 nitrogen and oxygen atoms in total. The van der Waals surface area contributed by atoms with Crippen molar-refractivity contribution < 1.29 is 0 Å². The minimum atomic E-state index is 0.600. The lowest BCUT2D eigenvalue weighted by Gasteiger charge is -2.16. The Bertz CT molecular complexity index is 326. The van der Waals surface area contributed by atoms with Gasteiger partial charge in [-0.25, -0.2) is 0 Å². The smallest absolute Gasteiger partial charge is 0.0270 e. The Kier molecular flexibility index (Phi) is 11.0. The first-order valence-corrected chi connectivity index (χ1v) is 8.57. The molecule has 0 aliphatic rings. The largest absolute Gasteiger partial charge is 0.320 e. The minimum absolute atomic E-state index is 0.600. The number of likely N-dealkylation sites (N-methyl/N-ethyl adjacent to an activating group) is 1. The van der Waals surface area contributed by atoms with Crippen molar-refractivity contribution >= 4 is 0 Å². The highest BCUT2D eigenvalue weighted by atomic mass is 14.9. The Morgan fingerprint density at radius 1 is 0.905 bits per heavy atom. The van der Waals surface area contributed by atoms with Gasteiger partial charge in [0.05, 0.1) is 0 Å². The number of unbranched alkanes of at least 4 members (excludes halogenated alkanes) is 6. The molecule has 2 N–H and O–H groups in total. The topological polar surface area (TPSA) is 37.0 Å². The van der Waals surface area contributed by atoms with Gasteiger partial charge in [-0.05, 0) is 57.6 Å². The van der Waals surface area contributed by atoms with Crippen molar-refractivity contribution in [2.75, 3.05) is 20.6 Å². The first-order chi connectivity index (χ1) is 10.4. The second kappa shape index (κ2) is 12.8. The fourth-order valence-corrected chi connectivity index (χ4v) is 2.73. The third-order valence-electron chi connectivity index (χ3n) is 4.12. The number of pyridine rings is 1. The predicted molar refractivity (Wildman–Crippen MR) is 91.7 cm³/mol. The van der Waals surface area contributed by atoms with Gasteiger partial charge < -0.3 is 10.6 Å². The third kappa shape index (κ3) is 9.59. The number of aromatic nitrogens is 1. The van der Waals surface area contributed by atoms with Gasteiger partial charge in [-0.15, -0.1) is 0 Å². The van der Waals surface area contributed by atoms with Crippen LogP contribution in [0.2, 0.25) is 0 Å². The van der Waals surface area contributed by atoms with Crippen LogP contribution in [0, 0.1) is 0 Å². The van der Waals surface area contributed by atoms with E-state index in [4.69, 9.17) is 0 Å². The second-order valence-corrected chi connectivity index (χ2v) is 5.91. The maximum atomic E-state index is 4.08. The normalized spacial score (nSPS) is 12.5. The SMILES string of the molecule is CNCCCCCCCCCC(Cc1ccncc1)NC. The zero-order valence-electron chi connectivity index (χ0n) is 13.9. The van der Waals surface area contributed by atoms with Crippen molar-refractivity contribution in [3.05, 3.63) is 30.1 Å². The molecule has 0 aliphatic carbocycles. The first kappa shape index (κ1) is 18.1. The predicted octanol–water partition coefficient (Wildman–Crippen LogP) is 3.55. The Morgan fingerprint density at radius 3 is 2.14 bits per heavy atom. The molecule has 120 valence electrons. The number of nitrogens with one attached hydrogen (secondary N) is 2. The van der Waals surface area contributed by atoms with Gasteiger partial charge in [0.2, 0.25) is 0 Å². The fraction of sp³-hybridized carbons (Fsp3) is 0.722. The highest BCUT2D eigenvalue weighted by Gasteiger charge is 2.06. The zero-order valence-corrected chi connectivity index (χ0v) is 13.9. The average Bonchev–Trinajstić information content (AvgIpc) is 2.53. The van der Waals surface area contributed by atoms with Crippen molar-refractivity contribution in [1.29, 1.82) is 0 Å². The Balaban J connectivity index is 2.00. The van der Waals surface area contributed by atoms with E-state index in [1.54, 1.807) is 0 Å². The summed E-state index contributed by atoms with van der Waals surface area (Å²) < 4.78 is 0. The van der Waals surface area contributed by atoms with E-state index in [9.17, 15) is 0 Å². The van der Waals surface area contributed by atoms with Crippen LogP contribution in [0.1, 0.15) is 56.9 Å². The highest BCUT2D eigenvalue weighted by Crippen LogP contribution is 2.12. The van der Waals surface area contributed by atoms with Crippen molar-refractivity contribution in [1.82, 2.24) is 15.6 Å². The maximum absolute atomic E-state index is 4.08. The van der Waals surface area contributed by atoms with Crippen LogP contribution in [0.5, 0.6) is 0 Å². The van der Waals surface area contributed by atoms with Gasteiger partial charge in [0, 0.05) is 18.4 Å². The molecule has 0 fully saturated rings. The summed E-state index contributed by atoms with van der Waals surface area (Å²) in [5.41, 5.74) is 1.38. The number of nitrogens with zero attached hydrogens (tertiary/aromatic N) is 1. The molecule has 0 aromatic carbocycles. The second-order valence-electron chi connectivity index (χ2n) is 5.91. The third-order valence-corrected chi connectivity index (χ3v) is 4.12. The lowest BCUT2D eigenvalue weighted by atomic mass is 10.0. The molecule has 0 spiro atoms. The van der Waals surface area contributed by atoms with Gasteiger partial charge in [-0.3, -0.25) is 4.98 Å². The molecule has 0 aliphatic heterocycles. The molecule has 0 bridgehead atoms. The summed E-state index contributed by atoms with van der Waals surface area (Å²) in [6.07, 6.45) is 15.8. The van der Waals surface area contributed by atoms with Crippen molar-refractivity contribution in [2.45, 2.75) is 63.8 Å². The molecule has 1 atom stereocenters. The van der Waals surface area contributed by atoms with Gasteiger partial charge >= 0.3 is 0 Å². The van der Waals surface area contributed by atoms with Gasteiger partial charge in [0.25, 0.3) is 0 Å². The fourth-order valence-electron chi connectivity index (χ4n) is 2.73. The van der Waals surface area contributed by atoms with E-state index in [1.807, 2.05) is 19.4 Å². The summed E-state index contributed by atoms with van der Waals surface area (Å²) in [4.78, 5) is 4.08. The highest BCUT2D eigenvalue weighted by molar-refractivity contribution is 5.11. The van der Waals surface area contributed by atoms with E-state index in [-0.39, 0.29) is 0 Å². The van der Waals surface area contributed by atoms with Gasteiger partial charge in [-0.1, -0.05) is 38.5 Å². The zero-order chi connectivity index (χ0) is 15.2. The molecular weight excluding hydrogens is 258 g/mol. The minimum Gasteiger partial charge on any atom is -0.320 e. The van der Waals surface area contributed by atoms with Crippen molar-refractivity contribution in [3.63, 3.8) is 0 Å². The van der Waals surface area contributed by atoms with E-state index in [1.165, 1.54) is 63.5 Å². The van der Waals surface area contributed by atoms with E-state index < -0.39 is 0 Å². The summed E-state index contributed by atoms with van der Waals surface area (Å²) >= 11 is 0. The van der Waals surface area contributed by atoms with E-state index >= 15 is 0 Å². The quantitative estimate of drug-likeness (QED) is 0.546. The molecule has 1 unspecified atom stereocenters. The van der Waals surface area contributed by atoms with Crippen LogP contribution in [-0.4, -0.2) is 31.7 Å². The molecule has 0 amide bonds. The van der Waals surface area contributed by atoms with Crippen LogP contribution >= 0.6 is 0 Å². The van der Waals surface area contributed by atoms with Crippen LogP contribution < -0.4 is 10.6 Å². The van der Waals surface area contributed by atoms with Crippen LogP contribution in [0.3, 0.4) is 0 Å². The van der Waals surface area contributed by atoms with Gasteiger partial charge in [-0.2, -0.15) is 0 Å². The van der Waals surface area contributed by atoms with Crippen molar-refractivity contribution in [3.8, 4) is 0 Å². The lowest BCUT2D eigenvalue weighted by Crippen LogP contribution is -2.27. The van der Waals surface area contributed by atoms with E-state index in [2.05, 4.69) is 34.8 Å². The monoisotopic (exact) mass is 291 g/mol. The van der Waals surface area contributed by atoms with Crippen LogP contribution in [0.4, 0.5) is 0 Å². The van der Waals surface area contributed by atoms with Crippen molar-refractivity contribution in [2.24, 2.45) is 0 Å². The van der Waals surface area contributed by atoms with Gasteiger partial charge in [0.15, 0.2) is 0 Å². The molecule has 0 saturated carbocycles. The summed E-state index contributed by atoms with van der Waals surface area (Å²) in [5.74, 6) is 0. The summed E-state index contributed by atoms with van der Waals surface area (Å²) in [5, 5.41) is 6.66. The molecular formula is C18H33N3. The first-order valence-electron chi connectivity index (χ1n) is 8.57. The van der Waals surface area contributed by atoms with Gasteiger partial charge in [0.1, 0.15) is 0 Å². The lowest BCUT2D eigenvalue weighted by molar-refractivity contribution is 0.477. The standard InChI is InChI=1S/C18H33N3/c1-19-13-9-7-5-3-4-6-8-10-18(20-2)16-17-11-14-21-15-12-17/h11-12,14-15,18-20H,3-10,13,16H2,1-2H3. The summed E-state index contributed by atoms with van der Waals surface area (Å²) in [6, 6.07) is 4.84. The summed E-state index contributed by atoms with van der Waals surface area (Å²) in [7, 11) is 4.11. The number of hydrogen-bond donors (Lipinski definition) is 2. The Hall–Kier alpha value is -0.930. The van der Waals surface area contributed by atoms with E-state index in [0.717, 1.165) is 6.42 Å². The van der Waals surface area contributed by atoms with Crippen LogP contribution in [0.15, 0.2) is 24.5 Å². The number of hydrogen-bond acceptors (Lipinski definition) is 3. The molecule has 1 aromatic heterocycles. The van der Waals surface area contributed by atoms with E-state index in [0.29, 0.717) is 6.04 Å². The molecule has 1 rings (SSSR count). The molecule has 0 radical (unpaired) electrons. The molecule has 1 heterocycles. The maximum Gasteiger partial charge on any atom is 0.0270 e. The molecule has 21 heavy (non-hydrogen) atoms. The molecule has 0 saturated heterocycles. The van der Waals surface area contributed by atoms with Crippen LogP contribution in [-0.2, 0) is 6.42 Å². The van der Waals surface area contributed by atoms with Crippen LogP contribution in [0.25, 0.3) is 0 Å². The molecule has 1 aromatic rings.